The number of nitrogens with one attached hydrogen (secondary N) is 1. The predicted octanol–water partition coefficient (Wildman–Crippen LogP) is 4.58. The molecule has 3 fully saturated rings. The average molecular weight is 669 g/mol. The van der Waals surface area contributed by atoms with Crippen LogP contribution in [0.3, 0.4) is 0 Å². The Labute approximate surface area is 238 Å². The number of nitrogens with zero attached hydrogens (tertiary/aromatic N) is 3. The van der Waals surface area contributed by atoms with E-state index in [4.69, 9.17) is 15.2 Å². The van der Waals surface area contributed by atoms with Gasteiger partial charge in [-0.25, -0.2) is 0 Å². The number of pyridine rings is 1. The number of hydrogen-bond donors (Lipinski definition) is 2. The minimum absolute atomic E-state index is 0.0350. The van der Waals surface area contributed by atoms with Gasteiger partial charge in [0.1, 0.15) is 0 Å². The van der Waals surface area contributed by atoms with E-state index in [9.17, 15) is 18.0 Å². The van der Waals surface area contributed by atoms with Crippen LogP contribution in [-0.2, 0) is 17.5 Å². The van der Waals surface area contributed by atoms with Crippen molar-refractivity contribution in [3.8, 4) is 5.75 Å². The quantitative estimate of drug-likeness (QED) is 0.254. The molecule has 3 saturated heterocycles. The monoisotopic (exact) mass is 669 g/mol. The van der Waals surface area contributed by atoms with Crippen LogP contribution >= 0.6 is 20.1 Å². The molecule has 1 aromatic carbocycles. The van der Waals surface area contributed by atoms with E-state index in [1.807, 2.05) is 17.1 Å². The Kier molecular flexibility index (Phi) is 7.42. The van der Waals surface area contributed by atoms with Gasteiger partial charge in [-0.2, -0.15) is 0 Å². The fourth-order valence-corrected chi connectivity index (χ4v) is 11.8. The molecule has 214 valence electrons. The Morgan fingerprint density at radius 1 is 1.18 bits per heavy atom. The molecular weight excluding hydrogens is 638 g/mol. The van der Waals surface area contributed by atoms with Crippen LogP contribution in [0.2, 0.25) is 0 Å². The number of piperazine rings is 1. The Hall–Kier alpha value is -2.84. The number of allylic oxidation sites excluding steroid dienone is 4. The van der Waals surface area contributed by atoms with E-state index in [2.05, 4.69) is 20.3 Å². The molecule has 3 aliphatic heterocycles. The number of carbonyl (C=O) groups is 1. The SMILES string of the molecule is CCN1CCN(Cc2ccc(C(=O)NI3[C@@H]4C5CC(Oc6ccnc(N)c6)=CC=C5O[C@@H]43)cc2C(F)(F)F)CC1. The maximum atomic E-state index is 14.0. The molecule has 40 heavy (non-hydrogen) atoms. The molecule has 0 radical (unpaired) electrons. The van der Waals surface area contributed by atoms with Crippen molar-refractivity contribution in [2.45, 2.75) is 34.1 Å². The number of amides is 1. The topological polar surface area (TPSA) is 93.0 Å². The first-order valence-electron chi connectivity index (χ1n) is 13.3. The van der Waals surface area contributed by atoms with Gasteiger partial charge < -0.3 is 0 Å². The normalized spacial score (nSPS) is 25.3. The summed E-state index contributed by atoms with van der Waals surface area (Å²) in [6.45, 7) is 6.37. The Balaban J connectivity index is 1.09. The molecule has 1 aliphatic carbocycles. The number of carbonyl (C=O) groups excluding carboxylic acids is 1. The van der Waals surface area contributed by atoms with Crippen LogP contribution in [0.4, 0.5) is 19.0 Å². The number of rotatable bonds is 7. The number of hydrogen-bond acceptors (Lipinski definition) is 7. The summed E-state index contributed by atoms with van der Waals surface area (Å²) in [6.07, 6.45) is 1.42. The Morgan fingerprint density at radius 2 is 1.95 bits per heavy atom. The number of nitrogen functional groups attached to an aromatic ring is 1. The van der Waals surface area contributed by atoms with Gasteiger partial charge in [0.2, 0.25) is 0 Å². The van der Waals surface area contributed by atoms with Crippen LogP contribution < -0.4 is 14.0 Å². The van der Waals surface area contributed by atoms with Crippen molar-refractivity contribution in [2.24, 2.45) is 5.92 Å². The molecule has 2 aromatic rings. The second-order valence-corrected chi connectivity index (χ2v) is 15.5. The average Bonchev–Trinajstić information content (AvgIpc) is 3.44. The maximum absolute atomic E-state index is 14.0. The number of anilines is 1. The molecule has 4 heterocycles. The van der Waals surface area contributed by atoms with Gasteiger partial charge in [0.25, 0.3) is 0 Å². The first-order valence-corrected chi connectivity index (χ1v) is 16.9. The van der Waals surface area contributed by atoms with Crippen LogP contribution in [0.1, 0.15) is 34.8 Å². The Bertz CT molecular complexity index is 1360. The summed E-state index contributed by atoms with van der Waals surface area (Å²) in [5.41, 5.74) is 5.24. The summed E-state index contributed by atoms with van der Waals surface area (Å²) < 4.78 is 57.4. The summed E-state index contributed by atoms with van der Waals surface area (Å²) in [6, 6.07) is 7.36. The molecule has 3 atom stereocenters. The standard InChI is InChI=1S/C28H31F3IN5O3/c1-2-36-9-11-37(12-10-36)16-18-4-3-17(13-22(18)28(29,30)31)27(38)35-32-25-21-14-19(5-6-23(21)40-26(25)32)39-20-7-8-34-24(33)15-20/h3-8,13,15,21,25-26H,2,9-12,14,16H2,1H3,(H2,33,34)(H,35,38)/t21?,25-,26+/m1/s1. The zero-order valence-corrected chi connectivity index (χ0v) is 24.1. The number of nitrogens with two attached hydrogens (primary N) is 1. The zero-order valence-electron chi connectivity index (χ0n) is 22.0. The molecule has 0 bridgehead atoms. The van der Waals surface area contributed by atoms with Gasteiger partial charge in [-0.1, -0.05) is 6.92 Å². The third-order valence-electron chi connectivity index (χ3n) is 7.72. The number of ether oxygens (including phenoxy) is 2. The van der Waals surface area contributed by atoms with Crippen molar-refractivity contribution >= 4 is 31.8 Å². The van der Waals surface area contributed by atoms with E-state index >= 15 is 0 Å². The number of fused-ring (bicyclic) bond motifs is 3. The van der Waals surface area contributed by atoms with Crippen LogP contribution in [0.15, 0.2) is 60.2 Å². The third-order valence-corrected chi connectivity index (χ3v) is 13.4. The molecule has 1 amide bonds. The van der Waals surface area contributed by atoms with Crippen LogP contribution in [-0.4, -0.2) is 61.5 Å². The van der Waals surface area contributed by atoms with Gasteiger partial charge in [0, 0.05) is 0 Å². The molecule has 1 aromatic heterocycles. The number of alkyl halides is 5. The van der Waals surface area contributed by atoms with Crippen molar-refractivity contribution in [3.05, 3.63) is 76.9 Å². The number of benzene rings is 1. The Morgan fingerprint density at radius 3 is 2.67 bits per heavy atom. The zero-order chi connectivity index (χ0) is 28.0. The molecular formula is C28H31F3IN5O3. The van der Waals surface area contributed by atoms with E-state index in [1.165, 1.54) is 12.1 Å². The van der Waals surface area contributed by atoms with Crippen LogP contribution in [0.25, 0.3) is 0 Å². The van der Waals surface area contributed by atoms with Gasteiger partial charge in [-0.05, 0) is 0 Å². The number of aromatic nitrogens is 1. The van der Waals surface area contributed by atoms with Crippen molar-refractivity contribution in [1.29, 1.82) is 0 Å². The summed E-state index contributed by atoms with van der Waals surface area (Å²) in [7, 11) is 0. The van der Waals surface area contributed by atoms with Gasteiger partial charge in [0.15, 0.2) is 0 Å². The summed E-state index contributed by atoms with van der Waals surface area (Å²) >= 11 is -2.07. The second kappa shape index (κ2) is 10.9. The van der Waals surface area contributed by atoms with Crippen molar-refractivity contribution in [2.75, 3.05) is 38.5 Å². The van der Waals surface area contributed by atoms with E-state index in [0.29, 0.717) is 18.0 Å². The summed E-state index contributed by atoms with van der Waals surface area (Å²) in [5, 5.41) is 0. The van der Waals surface area contributed by atoms with Crippen molar-refractivity contribution < 1.29 is 27.4 Å². The van der Waals surface area contributed by atoms with Crippen LogP contribution in [0.5, 0.6) is 5.75 Å². The molecule has 6 rings (SSSR count). The van der Waals surface area contributed by atoms with Gasteiger partial charge in [-0.15, -0.1) is 0 Å². The fourth-order valence-electron chi connectivity index (χ4n) is 5.47. The number of likely N-dealkylation sites (N-methyl/N-ethyl adjacent to an activating group) is 1. The molecule has 0 spiro atoms. The van der Waals surface area contributed by atoms with Crippen molar-refractivity contribution in [1.82, 2.24) is 18.3 Å². The third kappa shape index (κ3) is 5.66. The molecule has 4 aliphatic rings. The van der Waals surface area contributed by atoms with Crippen molar-refractivity contribution in [3.63, 3.8) is 0 Å². The van der Waals surface area contributed by atoms with E-state index in [0.717, 1.165) is 50.3 Å². The van der Waals surface area contributed by atoms with Gasteiger partial charge >= 0.3 is 232 Å². The fraction of sp³-hybridized carbons (Fsp3) is 0.429. The predicted molar refractivity (Wildman–Crippen MR) is 153 cm³/mol. The van der Waals surface area contributed by atoms with E-state index in [1.54, 1.807) is 18.3 Å². The molecule has 12 heteroatoms. The molecule has 0 saturated carbocycles. The van der Waals surface area contributed by atoms with Gasteiger partial charge in [-0.3, -0.25) is 0 Å². The summed E-state index contributed by atoms with van der Waals surface area (Å²) in [4.78, 5) is 21.4. The summed E-state index contributed by atoms with van der Waals surface area (Å²) in [5.74, 6) is 2.23. The van der Waals surface area contributed by atoms with Crippen LogP contribution in [0, 0.1) is 5.92 Å². The van der Waals surface area contributed by atoms with E-state index in [-0.39, 0.29) is 31.6 Å². The second-order valence-electron chi connectivity index (χ2n) is 10.3. The number of halogens is 4. The first kappa shape index (κ1) is 27.3. The minimum atomic E-state index is -4.54. The molecule has 8 nitrogen and oxygen atoms in total. The molecule has 3 N–H and O–H groups in total. The van der Waals surface area contributed by atoms with E-state index < -0.39 is 37.7 Å². The first-order chi connectivity index (χ1) is 19.2. The van der Waals surface area contributed by atoms with Gasteiger partial charge in [0.05, 0.1) is 0 Å². The molecule has 1 unspecified atom stereocenters.